The van der Waals surface area contributed by atoms with E-state index < -0.39 is 43.7 Å². The molecule has 1 rings (SSSR count). The largest absolute Gasteiger partial charge is 0.368 e. The first-order valence-corrected chi connectivity index (χ1v) is 12.8. The first-order chi connectivity index (χ1) is 13.7. The highest BCUT2D eigenvalue weighted by Gasteiger charge is 2.33. The summed E-state index contributed by atoms with van der Waals surface area (Å²) >= 11 is 0. The summed E-state index contributed by atoms with van der Waals surface area (Å²) in [6.07, 6.45) is 0.240. The Bertz CT molecular complexity index is 836. The summed E-state index contributed by atoms with van der Waals surface area (Å²) in [7, 11) is -1.86. The van der Waals surface area contributed by atoms with E-state index in [1.165, 1.54) is 31.2 Å². The van der Waals surface area contributed by atoms with Gasteiger partial charge in [0.2, 0.25) is 17.7 Å². The molecule has 30 heavy (non-hydrogen) atoms. The molecule has 0 aliphatic carbocycles. The molecule has 1 aromatic carbocycles. The predicted molar refractivity (Wildman–Crippen MR) is 118 cm³/mol. The number of benzene rings is 1. The highest BCUT2D eigenvalue weighted by molar-refractivity contribution is 6.87. The molecule has 0 aromatic heterocycles. The third-order valence-corrected chi connectivity index (χ3v) is 9.84. The lowest BCUT2D eigenvalue weighted by molar-refractivity contribution is -0.130. The Hall–Kier alpha value is -2.66. The number of carbonyl (C=O) groups is 3. The number of hydrogen-bond donors (Lipinski definition) is 3. The van der Waals surface area contributed by atoms with E-state index in [-0.39, 0.29) is 17.9 Å². The van der Waals surface area contributed by atoms with E-state index in [1.54, 1.807) is 0 Å². The van der Waals surface area contributed by atoms with Crippen molar-refractivity contribution in [2.75, 3.05) is 0 Å². The third-order valence-electron chi connectivity index (χ3n) is 5.29. The van der Waals surface area contributed by atoms with Crippen LogP contribution in [0.25, 0.3) is 0 Å². The second kappa shape index (κ2) is 10.4. The minimum Gasteiger partial charge on any atom is -0.368 e. The van der Waals surface area contributed by atoms with Crippen LogP contribution in [0.15, 0.2) is 24.3 Å². The van der Waals surface area contributed by atoms with Crippen molar-refractivity contribution < 1.29 is 18.8 Å². The van der Waals surface area contributed by atoms with Gasteiger partial charge >= 0.3 is 0 Å². The van der Waals surface area contributed by atoms with Crippen LogP contribution in [0.3, 0.4) is 0 Å². The fourth-order valence-corrected chi connectivity index (χ4v) is 3.29. The molecule has 164 valence electrons. The van der Waals surface area contributed by atoms with Crippen LogP contribution >= 0.6 is 0 Å². The molecule has 0 aliphatic heterocycles. The van der Waals surface area contributed by atoms with Gasteiger partial charge in [-0.3, -0.25) is 14.4 Å². The number of amides is 3. The molecule has 0 bridgehead atoms. The van der Waals surface area contributed by atoms with Crippen LogP contribution in [0.5, 0.6) is 0 Å². The second-order valence-electron chi connectivity index (χ2n) is 8.93. The van der Waals surface area contributed by atoms with Crippen molar-refractivity contribution in [2.45, 2.75) is 70.8 Å². The van der Waals surface area contributed by atoms with Crippen molar-refractivity contribution in [1.29, 1.82) is 0 Å². The summed E-state index contributed by atoms with van der Waals surface area (Å²) in [4.78, 5) is 36.1. The molecule has 0 saturated carbocycles. The van der Waals surface area contributed by atoms with E-state index in [2.05, 4.69) is 56.0 Å². The van der Waals surface area contributed by atoms with E-state index in [0.717, 1.165) is 0 Å². The van der Waals surface area contributed by atoms with Crippen molar-refractivity contribution in [2.24, 2.45) is 5.73 Å². The topological polar surface area (TPSA) is 101 Å². The van der Waals surface area contributed by atoms with E-state index in [1.807, 2.05) is 0 Å². The number of halogens is 1. The molecule has 0 heterocycles. The smallest absolute Gasteiger partial charge is 0.243 e. The van der Waals surface area contributed by atoms with Gasteiger partial charge in [0.1, 0.15) is 26.0 Å². The Labute approximate surface area is 179 Å². The van der Waals surface area contributed by atoms with Crippen molar-refractivity contribution >= 4 is 25.8 Å². The molecule has 8 heteroatoms. The zero-order valence-corrected chi connectivity index (χ0v) is 19.6. The monoisotopic (exact) mass is 433 g/mol. The van der Waals surface area contributed by atoms with Gasteiger partial charge in [0.05, 0.1) is 0 Å². The maximum atomic E-state index is 13.1. The fraction of sp³-hybridized carbons (Fsp3) is 0.500. The van der Waals surface area contributed by atoms with Gasteiger partial charge in [-0.2, -0.15) is 0 Å². The molecule has 6 nitrogen and oxygen atoms in total. The first-order valence-electron chi connectivity index (χ1n) is 9.84. The minimum atomic E-state index is -1.86. The molecular weight excluding hydrogens is 401 g/mol. The normalized spacial score (nSPS) is 13.4. The number of hydrogen-bond acceptors (Lipinski definition) is 3. The van der Waals surface area contributed by atoms with Gasteiger partial charge < -0.3 is 16.4 Å². The molecule has 3 amide bonds. The van der Waals surface area contributed by atoms with Crippen LogP contribution in [0, 0.1) is 17.3 Å². The standard InChI is InChI=1S/C22H32FN3O3Si/c1-15(27)25-19(14-16-9-11-17(23)12-10-16)21(29)26-18(20(24)28)8-7-13-30(5,6)22(2,3)4/h9-12,18-19H,8,14H2,1-6H3,(H2,24,28)(H,25,27)(H,26,29)/t18-,19+/m0/s1. The van der Waals surface area contributed by atoms with Gasteiger partial charge in [-0.1, -0.05) is 46.0 Å². The Morgan fingerprint density at radius 2 is 1.67 bits per heavy atom. The van der Waals surface area contributed by atoms with Gasteiger partial charge in [0, 0.05) is 19.8 Å². The van der Waals surface area contributed by atoms with Crippen LogP contribution < -0.4 is 16.4 Å². The van der Waals surface area contributed by atoms with Gasteiger partial charge in [0.25, 0.3) is 0 Å². The molecule has 0 fully saturated rings. The van der Waals surface area contributed by atoms with E-state index in [4.69, 9.17) is 5.73 Å². The number of carbonyl (C=O) groups excluding carboxylic acids is 3. The highest BCUT2D eigenvalue weighted by Crippen LogP contribution is 2.35. The zero-order valence-electron chi connectivity index (χ0n) is 18.6. The van der Waals surface area contributed by atoms with Crippen LogP contribution in [0.2, 0.25) is 18.1 Å². The maximum absolute atomic E-state index is 13.1. The van der Waals surface area contributed by atoms with E-state index >= 15 is 0 Å². The molecule has 0 aliphatic rings. The second-order valence-corrected chi connectivity index (χ2v) is 13.9. The van der Waals surface area contributed by atoms with Gasteiger partial charge in [-0.15, -0.1) is 11.5 Å². The zero-order chi connectivity index (χ0) is 23.1. The average Bonchev–Trinajstić information content (AvgIpc) is 2.60. The molecule has 2 atom stereocenters. The lowest BCUT2D eigenvalue weighted by atomic mass is 10.0. The van der Waals surface area contributed by atoms with Crippen LogP contribution in [-0.2, 0) is 20.8 Å². The summed E-state index contributed by atoms with van der Waals surface area (Å²) in [6, 6.07) is 3.73. The highest BCUT2D eigenvalue weighted by atomic mass is 28.3. The van der Waals surface area contributed by atoms with Crippen LogP contribution in [0.1, 0.15) is 39.7 Å². The Kier molecular flexibility index (Phi) is 8.79. The van der Waals surface area contributed by atoms with Crippen LogP contribution in [-0.4, -0.2) is 37.9 Å². The fourth-order valence-electron chi connectivity index (χ4n) is 2.37. The number of rotatable bonds is 7. The summed E-state index contributed by atoms with van der Waals surface area (Å²) in [5, 5.41) is 5.22. The molecule has 1 aromatic rings. The number of nitrogens with two attached hydrogens (primary N) is 1. The summed E-state index contributed by atoms with van der Waals surface area (Å²) in [5.74, 6) is 0.983. The Morgan fingerprint density at radius 1 is 1.10 bits per heavy atom. The summed E-state index contributed by atoms with van der Waals surface area (Å²) < 4.78 is 13.1. The van der Waals surface area contributed by atoms with Crippen molar-refractivity contribution in [3.8, 4) is 11.5 Å². The summed E-state index contributed by atoms with van der Waals surface area (Å²) in [5.41, 5.74) is 9.41. The predicted octanol–water partition coefficient (Wildman–Crippen LogP) is 2.28. The van der Waals surface area contributed by atoms with Crippen LogP contribution in [0.4, 0.5) is 4.39 Å². The van der Waals surface area contributed by atoms with Gasteiger partial charge in [-0.25, -0.2) is 4.39 Å². The molecule has 0 unspecified atom stereocenters. The lowest BCUT2D eigenvalue weighted by Crippen LogP contribution is -2.53. The lowest BCUT2D eigenvalue weighted by Gasteiger charge is -2.31. The van der Waals surface area contributed by atoms with Crippen molar-refractivity contribution in [3.63, 3.8) is 0 Å². The third kappa shape index (κ3) is 7.99. The maximum Gasteiger partial charge on any atom is 0.243 e. The van der Waals surface area contributed by atoms with Gasteiger partial charge in [-0.05, 0) is 22.7 Å². The molecule has 0 radical (unpaired) electrons. The Balaban J connectivity index is 2.93. The molecule has 4 N–H and O–H groups in total. The molecular formula is C22H32FN3O3Si. The molecule has 0 spiro atoms. The van der Waals surface area contributed by atoms with Crippen molar-refractivity contribution in [3.05, 3.63) is 35.6 Å². The Morgan fingerprint density at radius 3 is 2.13 bits per heavy atom. The average molecular weight is 434 g/mol. The van der Waals surface area contributed by atoms with E-state index in [9.17, 15) is 18.8 Å². The summed E-state index contributed by atoms with van der Waals surface area (Å²) in [6.45, 7) is 12.0. The number of primary amides is 1. The minimum absolute atomic E-state index is 0.0666. The SMILES string of the molecule is CC(=O)N[C@H](Cc1ccc(F)cc1)C(=O)N[C@@H](CC#C[Si](C)(C)C(C)(C)C)C(N)=O. The first kappa shape index (κ1) is 25.4. The quantitative estimate of drug-likeness (QED) is 0.454. The molecule has 0 saturated heterocycles. The van der Waals surface area contributed by atoms with Crippen molar-refractivity contribution in [1.82, 2.24) is 10.6 Å². The number of nitrogens with one attached hydrogen (secondary N) is 2. The van der Waals surface area contributed by atoms with Gasteiger partial charge in [0.15, 0.2) is 0 Å². The van der Waals surface area contributed by atoms with E-state index in [0.29, 0.717) is 5.56 Å².